The zero-order chi connectivity index (χ0) is 19.5. The molecular weight excluding hydrogens is 328 g/mol. The summed E-state index contributed by atoms with van der Waals surface area (Å²) >= 11 is 0. The number of hydrogen-bond acceptors (Lipinski definition) is 3. The van der Waals surface area contributed by atoms with E-state index in [0.29, 0.717) is 17.8 Å². The van der Waals surface area contributed by atoms with Gasteiger partial charge < -0.3 is 15.5 Å². The van der Waals surface area contributed by atoms with Gasteiger partial charge in [-0.3, -0.25) is 4.79 Å². The highest BCUT2D eigenvalue weighted by Crippen LogP contribution is 2.48. The van der Waals surface area contributed by atoms with Crippen molar-refractivity contribution in [2.24, 2.45) is 0 Å². The molecule has 4 nitrogen and oxygen atoms in total. The Balaban J connectivity index is 2.04. The fourth-order valence-electron chi connectivity index (χ4n) is 3.75. The lowest BCUT2D eigenvalue weighted by molar-refractivity contribution is -0.190. The van der Waals surface area contributed by atoms with E-state index in [0.717, 1.165) is 11.1 Å². The molecule has 136 valence electrons. The highest BCUT2D eigenvalue weighted by Gasteiger charge is 2.57. The number of aliphatic hydroxyl groups is 2. The number of aryl methyl sites for hydroxylation is 2. The maximum Gasteiger partial charge on any atom is 0.273 e. The second kappa shape index (κ2) is 5.53. The Kier molecular flexibility index (Phi) is 3.65. The number of rotatable bonds is 2. The minimum absolute atomic E-state index is 0.0508. The van der Waals surface area contributed by atoms with Crippen LogP contribution in [0.5, 0.6) is 0 Å². The Morgan fingerprint density at radius 3 is 2.40 bits per heavy atom. The first-order valence-electron chi connectivity index (χ1n) is 8.83. The summed E-state index contributed by atoms with van der Waals surface area (Å²) in [6.45, 7) is 4.33. The summed E-state index contributed by atoms with van der Waals surface area (Å²) in [5.74, 6) is -4.20. The van der Waals surface area contributed by atoms with Crippen LogP contribution in [0.4, 0.5) is 8.78 Å². The molecule has 0 atom stereocenters. The molecule has 3 N–H and O–H groups in total. The van der Waals surface area contributed by atoms with Crippen LogP contribution < -0.4 is 5.31 Å². The molecule has 1 fully saturated rings. The number of aliphatic hydroxyl groups excluding tert-OH is 1. The molecule has 0 aromatic heterocycles. The number of carbonyl (C=O) groups excluding carboxylic acids is 1. The van der Waals surface area contributed by atoms with Gasteiger partial charge in [-0.2, -0.15) is 0 Å². The molecule has 1 aromatic carbocycles. The average Bonchev–Trinajstić information content (AvgIpc) is 2.73. The molecule has 1 aliphatic heterocycles. The summed E-state index contributed by atoms with van der Waals surface area (Å²) in [7, 11) is 0. The largest absolute Gasteiger partial charge is 0.509 e. The minimum Gasteiger partial charge on any atom is -0.509 e. The van der Waals surface area contributed by atoms with Gasteiger partial charge in [-0.1, -0.05) is 23.8 Å². The number of nitrogens with one attached hydrogen (secondary N) is 1. The van der Waals surface area contributed by atoms with Crippen molar-refractivity contribution in [1.82, 2.24) is 5.31 Å². The van der Waals surface area contributed by atoms with Crippen molar-refractivity contribution < 1.29 is 25.2 Å². The molecule has 1 aromatic rings. The van der Waals surface area contributed by atoms with E-state index in [2.05, 4.69) is 0 Å². The monoisotopic (exact) mass is 352 g/mol. The van der Waals surface area contributed by atoms with Gasteiger partial charge in [-0.15, -0.1) is 0 Å². The summed E-state index contributed by atoms with van der Waals surface area (Å²) in [5.41, 5.74) is -1.27. The summed E-state index contributed by atoms with van der Waals surface area (Å²) in [6.07, 6.45) is -0.794. The van der Waals surface area contributed by atoms with Gasteiger partial charge in [0.15, 0.2) is 1.41 Å². The fourth-order valence-corrected chi connectivity index (χ4v) is 3.75. The molecule has 0 radical (unpaired) electrons. The van der Waals surface area contributed by atoms with Crippen LogP contribution in [0, 0.1) is 13.8 Å². The van der Waals surface area contributed by atoms with E-state index in [9.17, 15) is 23.8 Å². The van der Waals surface area contributed by atoms with Crippen molar-refractivity contribution in [3.8, 4) is 0 Å². The average molecular weight is 352 g/mol. The van der Waals surface area contributed by atoms with Crippen LogP contribution in [0.2, 0.25) is 1.41 Å². The molecule has 1 heterocycles. The lowest BCUT2D eigenvalue weighted by Crippen LogP contribution is -2.56. The number of hydrogen-bond donors (Lipinski definition) is 3. The first kappa shape index (κ1) is 16.5. The predicted molar refractivity (Wildman–Crippen MR) is 90.4 cm³/mol. The SMILES string of the molecule is [2H]N1C(=O)C(c2cc(C)ccc2C)=C(O)C12CCC(O)(C(C)(F)F)CC2. The third-order valence-corrected chi connectivity index (χ3v) is 5.59. The molecule has 25 heavy (non-hydrogen) atoms. The second-order valence-corrected chi connectivity index (χ2v) is 7.41. The Bertz CT molecular complexity index is 792. The molecule has 3 rings (SSSR count). The Morgan fingerprint density at radius 2 is 1.84 bits per heavy atom. The highest BCUT2D eigenvalue weighted by atomic mass is 19.3. The first-order chi connectivity index (χ1) is 11.9. The number of carbonyl (C=O) groups is 1. The van der Waals surface area contributed by atoms with Gasteiger partial charge in [0, 0.05) is 6.92 Å². The quantitative estimate of drug-likeness (QED) is 0.764. The number of alkyl halides is 2. The van der Waals surface area contributed by atoms with Crippen molar-refractivity contribution in [1.29, 1.82) is 0 Å². The Morgan fingerprint density at radius 1 is 1.24 bits per heavy atom. The summed E-state index contributed by atoms with van der Waals surface area (Å²) in [4.78, 5) is 12.7. The van der Waals surface area contributed by atoms with Crippen LogP contribution >= 0.6 is 0 Å². The second-order valence-electron chi connectivity index (χ2n) is 7.41. The van der Waals surface area contributed by atoms with Crippen LogP contribution in [-0.4, -0.2) is 33.2 Å². The molecular formula is C19H23F2NO3. The van der Waals surface area contributed by atoms with E-state index in [1.807, 2.05) is 19.1 Å². The van der Waals surface area contributed by atoms with Crippen LogP contribution in [-0.2, 0) is 4.79 Å². The van der Waals surface area contributed by atoms with Gasteiger partial charge in [0.2, 0.25) is 0 Å². The lowest BCUT2D eigenvalue weighted by atomic mass is 9.71. The molecule has 1 saturated carbocycles. The third-order valence-electron chi connectivity index (χ3n) is 5.59. The van der Waals surface area contributed by atoms with Crippen molar-refractivity contribution >= 4 is 11.5 Å². The molecule has 1 aliphatic carbocycles. The van der Waals surface area contributed by atoms with Crippen LogP contribution in [0.1, 0.15) is 49.3 Å². The van der Waals surface area contributed by atoms with Crippen molar-refractivity contribution in [3.63, 3.8) is 0 Å². The molecule has 0 bridgehead atoms. The predicted octanol–water partition coefficient (Wildman–Crippen LogP) is 3.40. The van der Waals surface area contributed by atoms with Crippen molar-refractivity contribution in [3.05, 3.63) is 40.6 Å². The lowest BCUT2D eigenvalue weighted by Gasteiger charge is -2.44. The minimum atomic E-state index is -3.29. The number of amides is 1. The van der Waals surface area contributed by atoms with Crippen molar-refractivity contribution in [2.45, 2.75) is 63.5 Å². The number of benzene rings is 1. The standard InChI is InChI=1S/C19H23F2NO3/c1-11-4-5-12(2)13(10-11)14-15(23)18(22-16(14)24)6-8-19(25,9-7-18)17(3,20)21/h4-5,10,23,25H,6-9H2,1-3H3,(H,22,24)/i/hD. The zero-order valence-corrected chi connectivity index (χ0v) is 14.6. The summed E-state index contributed by atoms with van der Waals surface area (Å²) in [6, 6.07) is 5.48. The highest BCUT2D eigenvalue weighted by molar-refractivity contribution is 6.23. The van der Waals surface area contributed by atoms with Crippen LogP contribution in [0.3, 0.4) is 0 Å². The molecule has 6 heteroatoms. The van der Waals surface area contributed by atoms with Crippen molar-refractivity contribution in [2.75, 3.05) is 0 Å². The maximum absolute atomic E-state index is 13.7. The first-order valence-corrected chi connectivity index (χ1v) is 8.38. The Labute approximate surface area is 147 Å². The van der Waals surface area contributed by atoms with Gasteiger partial charge in [-0.05, 0) is 50.7 Å². The fraction of sp³-hybridized carbons (Fsp3) is 0.526. The summed E-state index contributed by atoms with van der Waals surface area (Å²) in [5, 5.41) is 21.8. The topological polar surface area (TPSA) is 69.6 Å². The molecule has 1 amide bonds. The van der Waals surface area contributed by atoms with Gasteiger partial charge in [0.05, 0.1) is 11.1 Å². The summed E-state index contributed by atoms with van der Waals surface area (Å²) < 4.78 is 35.7. The molecule has 1 spiro atoms. The Hall–Kier alpha value is -1.95. The van der Waals surface area contributed by atoms with E-state index in [4.69, 9.17) is 1.41 Å². The van der Waals surface area contributed by atoms with Gasteiger partial charge >= 0.3 is 0 Å². The van der Waals surface area contributed by atoms with E-state index in [1.54, 1.807) is 13.0 Å². The molecule has 0 unspecified atom stereocenters. The smallest absolute Gasteiger partial charge is 0.273 e. The van der Waals surface area contributed by atoms with E-state index >= 15 is 0 Å². The van der Waals surface area contributed by atoms with Gasteiger partial charge in [-0.25, -0.2) is 8.78 Å². The van der Waals surface area contributed by atoms with Crippen LogP contribution in [0.15, 0.2) is 24.0 Å². The third kappa shape index (κ3) is 2.72. The number of halogens is 2. The van der Waals surface area contributed by atoms with Gasteiger partial charge in [0.25, 0.3) is 11.8 Å². The van der Waals surface area contributed by atoms with E-state index < -0.39 is 23.0 Å². The zero-order valence-electron chi connectivity index (χ0n) is 15.6. The molecule has 2 aliphatic rings. The van der Waals surface area contributed by atoms with E-state index in [1.165, 1.54) is 0 Å². The van der Waals surface area contributed by atoms with E-state index in [-0.39, 0.29) is 37.0 Å². The van der Waals surface area contributed by atoms with Crippen LogP contribution in [0.25, 0.3) is 5.57 Å². The van der Waals surface area contributed by atoms with Gasteiger partial charge in [0.1, 0.15) is 11.4 Å². The normalized spacial score (nSPS) is 31.0. The maximum atomic E-state index is 13.7. The molecule has 0 saturated heterocycles.